The molecule has 0 saturated carbocycles. The first-order valence-electron chi connectivity index (χ1n) is 8.49. The molecular weight excluding hydrogens is 296 g/mol. The van der Waals surface area contributed by atoms with Crippen LogP contribution in [-0.4, -0.2) is 36.5 Å². The number of nitrogens with one attached hydrogen (secondary N) is 1. The molecule has 22 heavy (non-hydrogen) atoms. The highest BCUT2D eigenvalue weighted by atomic mass is 35.5. The van der Waals surface area contributed by atoms with Gasteiger partial charge in [0.05, 0.1) is 0 Å². The Morgan fingerprint density at radius 3 is 2.77 bits per heavy atom. The van der Waals surface area contributed by atoms with Crippen LogP contribution in [0.4, 0.5) is 0 Å². The molecule has 1 unspecified atom stereocenters. The molecule has 2 bridgehead atoms. The highest BCUT2D eigenvalue weighted by Gasteiger charge is 2.35. The molecule has 1 aromatic rings. The van der Waals surface area contributed by atoms with E-state index in [0.29, 0.717) is 12.0 Å². The van der Waals surface area contributed by atoms with E-state index in [0.717, 1.165) is 42.0 Å². The summed E-state index contributed by atoms with van der Waals surface area (Å²) in [7, 11) is 0. The average molecular weight is 321 g/mol. The molecule has 0 radical (unpaired) electrons. The molecular formula is C18H25ClN2O. The number of benzene rings is 1. The summed E-state index contributed by atoms with van der Waals surface area (Å²) in [5.74, 6) is 0.694. The van der Waals surface area contributed by atoms with E-state index in [4.69, 9.17) is 11.6 Å². The number of piperidine rings is 3. The van der Waals surface area contributed by atoms with Crippen molar-refractivity contribution >= 4 is 17.5 Å². The first-order chi connectivity index (χ1) is 10.7. The van der Waals surface area contributed by atoms with Crippen LogP contribution < -0.4 is 5.32 Å². The minimum atomic E-state index is 0.0485. The van der Waals surface area contributed by atoms with Crippen LogP contribution in [-0.2, 0) is 6.42 Å². The minimum absolute atomic E-state index is 0.0485. The van der Waals surface area contributed by atoms with Crippen LogP contribution in [0.15, 0.2) is 18.2 Å². The van der Waals surface area contributed by atoms with Gasteiger partial charge in [-0.3, -0.25) is 4.79 Å². The van der Waals surface area contributed by atoms with Crippen molar-refractivity contribution in [2.75, 3.05) is 19.6 Å². The minimum Gasteiger partial charge on any atom is -0.348 e. The van der Waals surface area contributed by atoms with E-state index in [2.05, 4.69) is 17.1 Å². The molecule has 0 spiro atoms. The smallest absolute Gasteiger partial charge is 0.251 e. The Balaban J connectivity index is 1.73. The van der Waals surface area contributed by atoms with E-state index >= 15 is 0 Å². The van der Waals surface area contributed by atoms with E-state index in [9.17, 15) is 4.79 Å². The van der Waals surface area contributed by atoms with Gasteiger partial charge in [0, 0.05) is 23.2 Å². The van der Waals surface area contributed by atoms with Crippen LogP contribution >= 0.6 is 11.6 Å². The number of hydrogen-bond acceptors (Lipinski definition) is 2. The second-order valence-corrected chi connectivity index (χ2v) is 6.99. The van der Waals surface area contributed by atoms with Crippen molar-refractivity contribution in [1.29, 1.82) is 0 Å². The number of rotatable bonds is 5. The lowest BCUT2D eigenvalue weighted by Crippen LogP contribution is -2.57. The Morgan fingerprint density at radius 1 is 1.36 bits per heavy atom. The summed E-state index contributed by atoms with van der Waals surface area (Å²) in [5, 5.41) is 3.99. The maximum absolute atomic E-state index is 12.7. The van der Waals surface area contributed by atoms with E-state index in [1.807, 2.05) is 18.2 Å². The summed E-state index contributed by atoms with van der Waals surface area (Å²) in [6, 6.07) is 5.97. The van der Waals surface area contributed by atoms with Gasteiger partial charge in [-0.15, -0.1) is 0 Å². The Hall–Kier alpha value is -1.06. The van der Waals surface area contributed by atoms with Crippen molar-refractivity contribution in [3.05, 3.63) is 34.3 Å². The third kappa shape index (κ3) is 3.31. The van der Waals surface area contributed by atoms with Crippen molar-refractivity contribution in [3.63, 3.8) is 0 Å². The summed E-state index contributed by atoms with van der Waals surface area (Å²) in [4.78, 5) is 15.2. The highest BCUT2D eigenvalue weighted by Crippen LogP contribution is 2.28. The molecule has 1 aromatic carbocycles. The molecule has 3 aliphatic rings. The Kier molecular flexibility index (Phi) is 5.04. The van der Waals surface area contributed by atoms with E-state index in [1.54, 1.807) is 0 Å². The lowest BCUT2D eigenvalue weighted by Gasteiger charge is -2.45. The third-order valence-electron chi connectivity index (χ3n) is 5.12. The van der Waals surface area contributed by atoms with Gasteiger partial charge < -0.3 is 10.2 Å². The van der Waals surface area contributed by atoms with Crippen molar-refractivity contribution in [2.45, 2.75) is 45.1 Å². The van der Waals surface area contributed by atoms with Crippen molar-refractivity contribution in [2.24, 2.45) is 5.92 Å². The lowest BCUT2D eigenvalue weighted by atomic mass is 9.84. The van der Waals surface area contributed by atoms with Gasteiger partial charge >= 0.3 is 0 Å². The Morgan fingerprint density at radius 2 is 2.14 bits per heavy atom. The van der Waals surface area contributed by atoms with Gasteiger partial charge in [-0.05, 0) is 62.4 Å². The van der Waals surface area contributed by atoms with E-state index in [-0.39, 0.29) is 5.91 Å². The number of hydrogen-bond donors (Lipinski definition) is 1. The standard InChI is InChI=1S/C18H25ClN2O/c1-2-3-5-14-15(6-4-7-16(14)19)18(22)20-17-12-21-10-8-13(17)9-11-21/h4,6-7,13,17H,2-3,5,8-12H2,1H3,(H,20,22). The second kappa shape index (κ2) is 7.01. The quantitative estimate of drug-likeness (QED) is 0.900. The van der Waals surface area contributed by atoms with Gasteiger partial charge in [0.15, 0.2) is 0 Å². The number of carbonyl (C=O) groups is 1. The predicted molar refractivity (Wildman–Crippen MR) is 90.5 cm³/mol. The first kappa shape index (κ1) is 15.8. The molecule has 3 heterocycles. The number of nitrogens with zero attached hydrogens (tertiary/aromatic N) is 1. The number of unbranched alkanes of at least 4 members (excludes halogenated alkanes) is 1. The maximum Gasteiger partial charge on any atom is 0.251 e. The number of fused-ring (bicyclic) bond motifs is 3. The van der Waals surface area contributed by atoms with E-state index in [1.165, 1.54) is 25.9 Å². The molecule has 4 heteroatoms. The molecule has 1 N–H and O–H groups in total. The Bertz CT molecular complexity index is 538. The zero-order chi connectivity index (χ0) is 15.5. The van der Waals surface area contributed by atoms with Gasteiger partial charge in [-0.1, -0.05) is 31.0 Å². The fraction of sp³-hybridized carbons (Fsp3) is 0.611. The average Bonchev–Trinajstić information content (AvgIpc) is 2.54. The fourth-order valence-corrected chi connectivity index (χ4v) is 4.02. The van der Waals surface area contributed by atoms with Gasteiger partial charge in [-0.2, -0.15) is 0 Å². The molecule has 1 atom stereocenters. The molecule has 3 nitrogen and oxygen atoms in total. The normalized spacial score (nSPS) is 26.9. The Labute approximate surface area is 138 Å². The van der Waals surface area contributed by atoms with Gasteiger partial charge in [0.2, 0.25) is 0 Å². The summed E-state index contributed by atoms with van der Waals surface area (Å²) in [6.07, 6.45) is 5.46. The maximum atomic E-state index is 12.7. The molecule has 3 fully saturated rings. The fourth-order valence-electron chi connectivity index (χ4n) is 3.75. The van der Waals surface area contributed by atoms with Crippen LogP contribution in [0.3, 0.4) is 0 Å². The van der Waals surface area contributed by atoms with Crippen LogP contribution in [0.1, 0.15) is 48.5 Å². The van der Waals surface area contributed by atoms with Crippen molar-refractivity contribution in [1.82, 2.24) is 10.2 Å². The SMILES string of the molecule is CCCCc1c(Cl)cccc1C(=O)NC1CN2CCC1CC2. The molecule has 3 aliphatic heterocycles. The molecule has 120 valence electrons. The van der Waals surface area contributed by atoms with Gasteiger partial charge in [0.1, 0.15) is 0 Å². The largest absolute Gasteiger partial charge is 0.348 e. The summed E-state index contributed by atoms with van der Waals surface area (Å²) in [5.41, 5.74) is 1.77. The van der Waals surface area contributed by atoms with Crippen LogP contribution in [0.5, 0.6) is 0 Å². The number of carbonyl (C=O) groups excluding carboxylic acids is 1. The molecule has 0 aliphatic carbocycles. The predicted octanol–water partition coefficient (Wildman–Crippen LogP) is 3.51. The summed E-state index contributed by atoms with van der Waals surface area (Å²) < 4.78 is 0. The molecule has 3 saturated heterocycles. The van der Waals surface area contributed by atoms with Gasteiger partial charge in [0.25, 0.3) is 5.91 Å². The molecule has 0 aromatic heterocycles. The second-order valence-electron chi connectivity index (χ2n) is 6.59. The third-order valence-corrected chi connectivity index (χ3v) is 5.47. The van der Waals surface area contributed by atoms with Gasteiger partial charge in [-0.25, -0.2) is 0 Å². The molecule has 4 rings (SSSR count). The number of halogens is 1. The van der Waals surface area contributed by atoms with Crippen LogP contribution in [0, 0.1) is 5.92 Å². The number of amides is 1. The van der Waals surface area contributed by atoms with Crippen molar-refractivity contribution in [3.8, 4) is 0 Å². The van der Waals surface area contributed by atoms with Crippen molar-refractivity contribution < 1.29 is 4.79 Å². The van der Waals surface area contributed by atoms with E-state index < -0.39 is 0 Å². The summed E-state index contributed by atoms with van der Waals surface area (Å²) >= 11 is 6.33. The summed E-state index contributed by atoms with van der Waals surface area (Å²) in [6.45, 7) is 5.54. The van der Waals surface area contributed by atoms with Crippen LogP contribution in [0.2, 0.25) is 5.02 Å². The zero-order valence-corrected chi connectivity index (χ0v) is 14.0. The zero-order valence-electron chi connectivity index (χ0n) is 13.3. The molecule has 1 amide bonds. The monoisotopic (exact) mass is 320 g/mol. The first-order valence-corrected chi connectivity index (χ1v) is 8.87. The highest BCUT2D eigenvalue weighted by molar-refractivity contribution is 6.31. The lowest BCUT2D eigenvalue weighted by molar-refractivity contribution is 0.0620. The van der Waals surface area contributed by atoms with Crippen LogP contribution in [0.25, 0.3) is 0 Å². The topological polar surface area (TPSA) is 32.3 Å².